The molecular formula is C8H16O5. The highest BCUT2D eigenvalue weighted by molar-refractivity contribution is 5.72. The maximum Gasteiger partial charge on any atom is 0.302 e. The first kappa shape index (κ1) is 14.6. The summed E-state index contributed by atoms with van der Waals surface area (Å²) in [6.45, 7) is 3.78. The van der Waals surface area contributed by atoms with Crippen LogP contribution in [0.25, 0.3) is 0 Å². The van der Waals surface area contributed by atoms with Crippen molar-refractivity contribution in [3.8, 4) is 0 Å². The summed E-state index contributed by atoms with van der Waals surface area (Å²) in [5, 5.41) is 16.8. The van der Waals surface area contributed by atoms with E-state index in [9.17, 15) is 9.59 Å². The molecule has 0 aliphatic carbocycles. The SMILES string of the molecule is CC(=O)OCC(O)CO.CC(C)=O. The molecule has 0 saturated carbocycles. The molecule has 2 N–H and O–H groups in total. The van der Waals surface area contributed by atoms with Gasteiger partial charge in [-0.25, -0.2) is 0 Å². The monoisotopic (exact) mass is 192 g/mol. The number of ether oxygens (including phenoxy) is 1. The highest BCUT2D eigenvalue weighted by Gasteiger charge is 2.02. The number of ketones is 1. The van der Waals surface area contributed by atoms with Crippen LogP contribution in [0, 0.1) is 0 Å². The van der Waals surface area contributed by atoms with Crippen LogP contribution in [0.2, 0.25) is 0 Å². The van der Waals surface area contributed by atoms with E-state index in [1.54, 1.807) is 0 Å². The molecule has 1 atom stereocenters. The zero-order valence-corrected chi connectivity index (χ0v) is 8.11. The summed E-state index contributed by atoms with van der Waals surface area (Å²) in [7, 11) is 0. The molecule has 0 rings (SSSR count). The fourth-order valence-electron chi connectivity index (χ4n) is 0.266. The Morgan fingerprint density at radius 1 is 1.31 bits per heavy atom. The van der Waals surface area contributed by atoms with Gasteiger partial charge in [0.05, 0.1) is 6.61 Å². The lowest BCUT2D eigenvalue weighted by Crippen LogP contribution is -2.20. The minimum Gasteiger partial charge on any atom is -0.463 e. The van der Waals surface area contributed by atoms with Gasteiger partial charge in [-0.05, 0) is 13.8 Å². The number of carbonyl (C=O) groups excluding carboxylic acids is 2. The van der Waals surface area contributed by atoms with Gasteiger partial charge in [0.1, 0.15) is 18.5 Å². The average molecular weight is 192 g/mol. The van der Waals surface area contributed by atoms with E-state index >= 15 is 0 Å². The normalized spacial score (nSPS) is 10.8. The first-order valence-electron chi connectivity index (χ1n) is 3.79. The zero-order chi connectivity index (χ0) is 10.9. The maximum absolute atomic E-state index is 10.0. The van der Waals surface area contributed by atoms with Gasteiger partial charge in [0, 0.05) is 6.92 Å². The van der Waals surface area contributed by atoms with Crippen LogP contribution in [0.3, 0.4) is 0 Å². The number of Topliss-reactive ketones (excluding diaryl/α,β-unsaturated/α-hetero) is 1. The number of aliphatic hydroxyl groups excluding tert-OH is 2. The highest BCUT2D eigenvalue weighted by Crippen LogP contribution is 1.82. The van der Waals surface area contributed by atoms with E-state index in [0.717, 1.165) is 0 Å². The molecule has 0 saturated heterocycles. The highest BCUT2D eigenvalue weighted by atomic mass is 16.5. The number of carbonyl (C=O) groups is 2. The molecule has 0 aromatic heterocycles. The lowest BCUT2D eigenvalue weighted by atomic mass is 10.4. The van der Waals surface area contributed by atoms with E-state index in [-0.39, 0.29) is 19.0 Å². The third-order valence-corrected chi connectivity index (χ3v) is 0.690. The summed E-state index contributed by atoms with van der Waals surface area (Å²) in [5.41, 5.74) is 0. The van der Waals surface area contributed by atoms with Gasteiger partial charge in [-0.15, -0.1) is 0 Å². The van der Waals surface area contributed by atoms with E-state index in [2.05, 4.69) is 4.74 Å². The van der Waals surface area contributed by atoms with Crippen molar-refractivity contribution in [1.82, 2.24) is 0 Å². The Kier molecular flexibility index (Phi) is 10.3. The second-order valence-electron chi connectivity index (χ2n) is 2.55. The summed E-state index contributed by atoms with van der Waals surface area (Å²) >= 11 is 0. The number of esters is 1. The van der Waals surface area contributed by atoms with Gasteiger partial charge in [0.2, 0.25) is 0 Å². The third kappa shape index (κ3) is 24.7. The van der Waals surface area contributed by atoms with E-state index in [4.69, 9.17) is 10.2 Å². The van der Waals surface area contributed by atoms with Crippen molar-refractivity contribution in [3.05, 3.63) is 0 Å². The van der Waals surface area contributed by atoms with Crippen LogP contribution in [-0.4, -0.2) is 41.3 Å². The van der Waals surface area contributed by atoms with Crippen LogP contribution in [0.1, 0.15) is 20.8 Å². The molecule has 5 nitrogen and oxygen atoms in total. The van der Waals surface area contributed by atoms with Gasteiger partial charge in [0.25, 0.3) is 0 Å². The van der Waals surface area contributed by atoms with E-state index in [1.807, 2.05) is 0 Å². The quantitative estimate of drug-likeness (QED) is 0.589. The van der Waals surface area contributed by atoms with Crippen LogP contribution in [0.15, 0.2) is 0 Å². The van der Waals surface area contributed by atoms with Gasteiger partial charge >= 0.3 is 5.97 Å². The van der Waals surface area contributed by atoms with E-state index < -0.39 is 12.1 Å². The number of aliphatic hydroxyl groups is 2. The van der Waals surface area contributed by atoms with Crippen molar-refractivity contribution in [2.24, 2.45) is 0 Å². The molecule has 0 bridgehead atoms. The summed E-state index contributed by atoms with van der Waals surface area (Å²) in [6.07, 6.45) is -0.950. The largest absolute Gasteiger partial charge is 0.463 e. The Bertz CT molecular complexity index is 151. The standard InChI is InChI=1S/C5H10O4.C3H6O/c1-4(7)9-3-5(8)2-6;1-3(2)4/h5-6,8H,2-3H2,1H3;1-2H3. The van der Waals surface area contributed by atoms with Gasteiger partial charge in [-0.2, -0.15) is 0 Å². The molecule has 0 fully saturated rings. The fraction of sp³-hybridized carbons (Fsp3) is 0.750. The average Bonchev–Trinajstić information content (AvgIpc) is 1.99. The third-order valence-electron chi connectivity index (χ3n) is 0.690. The maximum atomic E-state index is 10.0. The van der Waals surface area contributed by atoms with Gasteiger partial charge in [-0.1, -0.05) is 0 Å². The van der Waals surface area contributed by atoms with Crippen molar-refractivity contribution >= 4 is 11.8 Å². The second kappa shape index (κ2) is 9.15. The molecule has 0 spiro atoms. The number of hydrogen-bond acceptors (Lipinski definition) is 5. The first-order chi connectivity index (χ1) is 5.90. The summed E-state index contributed by atoms with van der Waals surface area (Å²) < 4.78 is 4.35. The van der Waals surface area contributed by atoms with Crippen LogP contribution >= 0.6 is 0 Å². The van der Waals surface area contributed by atoms with Crippen LogP contribution in [0.4, 0.5) is 0 Å². The molecule has 0 aromatic carbocycles. The van der Waals surface area contributed by atoms with Crippen LogP contribution < -0.4 is 0 Å². The van der Waals surface area contributed by atoms with Gasteiger partial charge in [0.15, 0.2) is 0 Å². The molecule has 0 radical (unpaired) electrons. The van der Waals surface area contributed by atoms with Gasteiger partial charge in [-0.3, -0.25) is 4.79 Å². The first-order valence-corrected chi connectivity index (χ1v) is 3.79. The Labute approximate surface area is 77.3 Å². The summed E-state index contributed by atoms with van der Waals surface area (Å²) in [4.78, 5) is 19.5. The van der Waals surface area contributed by atoms with E-state index in [0.29, 0.717) is 0 Å². The van der Waals surface area contributed by atoms with Crippen LogP contribution in [0.5, 0.6) is 0 Å². The lowest BCUT2D eigenvalue weighted by molar-refractivity contribution is -0.144. The molecule has 0 heterocycles. The Morgan fingerprint density at radius 3 is 1.92 bits per heavy atom. The molecule has 78 valence electrons. The van der Waals surface area contributed by atoms with Crippen molar-refractivity contribution in [1.29, 1.82) is 0 Å². The molecule has 13 heavy (non-hydrogen) atoms. The molecule has 0 aliphatic heterocycles. The predicted octanol–water partition coefficient (Wildman–Crippen LogP) is -0.502. The van der Waals surface area contributed by atoms with E-state index in [1.165, 1.54) is 20.8 Å². The van der Waals surface area contributed by atoms with Crippen molar-refractivity contribution in [2.45, 2.75) is 26.9 Å². The molecule has 0 aliphatic rings. The minimum atomic E-state index is -0.950. The smallest absolute Gasteiger partial charge is 0.302 e. The molecule has 0 aromatic rings. The Hall–Kier alpha value is -0.940. The number of rotatable bonds is 3. The zero-order valence-electron chi connectivity index (χ0n) is 8.11. The Morgan fingerprint density at radius 2 is 1.69 bits per heavy atom. The van der Waals surface area contributed by atoms with Crippen molar-refractivity contribution in [3.63, 3.8) is 0 Å². The van der Waals surface area contributed by atoms with Crippen molar-refractivity contribution < 1.29 is 24.5 Å². The molecule has 0 amide bonds. The summed E-state index contributed by atoms with van der Waals surface area (Å²) in [5.74, 6) is -0.289. The number of hydrogen-bond donors (Lipinski definition) is 2. The minimum absolute atomic E-state index is 0.133. The Balaban J connectivity index is 0. The molecule has 1 unspecified atom stereocenters. The lowest BCUT2D eigenvalue weighted by Gasteiger charge is -2.05. The summed E-state index contributed by atoms with van der Waals surface area (Å²) in [6, 6.07) is 0. The predicted molar refractivity (Wildman–Crippen MR) is 46.1 cm³/mol. The van der Waals surface area contributed by atoms with Crippen molar-refractivity contribution in [2.75, 3.05) is 13.2 Å². The topological polar surface area (TPSA) is 83.8 Å². The molecule has 5 heteroatoms. The molecular weight excluding hydrogens is 176 g/mol. The van der Waals surface area contributed by atoms with Gasteiger partial charge < -0.3 is 19.7 Å². The second-order valence-corrected chi connectivity index (χ2v) is 2.55. The van der Waals surface area contributed by atoms with Crippen LogP contribution in [-0.2, 0) is 14.3 Å². The fourth-order valence-corrected chi connectivity index (χ4v) is 0.266.